The van der Waals surface area contributed by atoms with E-state index in [-0.39, 0.29) is 49.9 Å². The van der Waals surface area contributed by atoms with Gasteiger partial charge in [-0.25, -0.2) is 18.0 Å². The van der Waals surface area contributed by atoms with E-state index in [0.717, 1.165) is 5.56 Å². The Balaban J connectivity index is 1.63. The zero-order chi connectivity index (χ0) is 37.4. The Morgan fingerprint density at radius 2 is 1.82 bits per heavy atom. The number of ether oxygens (including phenoxy) is 4. The van der Waals surface area contributed by atoms with Crippen LogP contribution in [0.5, 0.6) is 0 Å². The van der Waals surface area contributed by atoms with Crippen molar-refractivity contribution < 1.29 is 42.1 Å². The maximum atomic E-state index is 14.5. The standard InChI is InChI=1S/C37H52N4O9S/c1-7-41(35(44)50-36(2,3)4)27-15-11-16-28(22-27)51(45,46)40(25-37(5,6)18-12-19-38)23-31(42)30(21-26-13-9-8-10-14-26)39-34(43)49-32-24-48-33-29(32)17-20-47-33/h8-11,13-16,22,29-33,42H,7,12,17-18,20-21,23-25H2,1-6H3,(H,39,43)/t29?,30-,31?,32?,33?/m0/s1. The van der Waals surface area contributed by atoms with E-state index in [4.69, 9.17) is 18.9 Å². The van der Waals surface area contributed by atoms with Crippen LogP contribution in [0.4, 0.5) is 15.3 Å². The van der Waals surface area contributed by atoms with E-state index in [2.05, 4.69) is 11.4 Å². The molecule has 0 aliphatic carbocycles. The second-order valence-electron chi connectivity index (χ2n) is 14.8. The largest absolute Gasteiger partial charge is 0.443 e. The summed E-state index contributed by atoms with van der Waals surface area (Å²) in [7, 11) is -4.31. The molecule has 5 atom stereocenters. The lowest BCUT2D eigenvalue weighted by molar-refractivity contribution is -0.0907. The fraction of sp³-hybridized carbons (Fsp3) is 0.595. The molecule has 2 aromatic carbocycles. The van der Waals surface area contributed by atoms with Crippen molar-refractivity contribution in [3.63, 3.8) is 0 Å². The summed E-state index contributed by atoms with van der Waals surface area (Å²) in [6, 6.07) is 16.4. The highest BCUT2D eigenvalue weighted by molar-refractivity contribution is 7.89. The van der Waals surface area contributed by atoms with E-state index < -0.39 is 57.8 Å². The molecule has 4 unspecified atom stereocenters. The fourth-order valence-electron chi connectivity index (χ4n) is 6.25. The number of rotatable bonds is 15. The van der Waals surface area contributed by atoms with Gasteiger partial charge in [0, 0.05) is 31.7 Å². The van der Waals surface area contributed by atoms with Crippen LogP contribution in [0.15, 0.2) is 59.5 Å². The van der Waals surface area contributed by atoms with Crippen molar-refractivity contribution in [2.75, 3.05) is 37.7 Å². The van der Waals surface area contributed by atoms with E-state index in [1.165, 1.54) is 21.3 Å². The first-order valence-electron chi connectivity index (χ1n) is 17.4. The maximum absolute atomic E-state index is 14.5. The number of aliphatic hydroxyl groups excluding tert-OH is 1. The molecule has 2 N–H and O–H groups in total. The van der Waals surface area contributed by atoms with Gasteiger partial charge >= 0.3 is 12.2 Å². The Kier molecular flexibility index (Phi) is 13.5. The molecule has 2 aliphatic rings. The zero-order valence-corrected chi connectivity index (χ0v) is 31.2. The minimum Gasteiger partial charge on any atom is -0.443 e. The zero-order valence-electron chi connectivity index (χ0n) is 30.4. The molecular formula is C37H52N4O9S. The summed E-state index contributed by atoms with van der Waals surface area (Å²) in [6.45, 7) is 11.3. The summed E-state index contributed by atoms with van der Waals surface area (Å²) >= 11 is 0. The van der Waals surface area contributed by atoms with E-state index >= 15 is 0 Å². The molecule has 280 valence electrons. The molecule has 0 spiro atoms. The number of benzene rings is 2. The van der Waals surface area contributed by atoms with Gasteiger partial charge in [-0.2, -0.15) is 9.57 Å². The van der Waals surface area contributed by atoms with Crippen LogP contribution in [-0.2, 0) is 35.4 Å². The molecule has 0 radical (unpaired) electrons. The Hall–Kier alpha value is -3.74. The third-order valence-electron chi connectivity index (χ3n) is 8.92. The number of hydrogen-bond donors (Lipinski definition) is 2. The monoisotopic (exact) mass is 728 g/mol. The number of hydrogen-bond acceptors (Lipinski definition) is 10. The molecule has 0 saturated carbocycles. The molecule has 2 aromatic rings. The lowest BCUT2D eigenvalue weighted by atomic mass is 9.88. The van der Waals surface area contributed by atoms with Gasteiger partial charge in [0.1, 0.15) is 11.7 Å². The lowest BCUT2D eigenvalue weighted by Gasteiger charge is -2.35. The van der Waals surface area contributed by atoms with Crippen LogP contribution in [0.2, 0.25) is 0 Å². The number of fused-ring (bicyclic) bond motifs is 1. The second kappa shape index (κ2) is 17.2. The van der Waals surface area contributed by atoms with Crippen LogP contribution in [0, 0.1) is 22.7 Å². The molecule has 2 amide bonds. The van der Waals surface area contributed by atoms with Gasteiger partial charge < -0.3 is 29.4 Å². The smallest absolute Gasteiger partial charge is 0.414 e. The Bertz CT molecular complexity index is 1620. The molecule has 51 heavy (non-hydrogen) atoms. The third kappa shape index (κ3) is 11.1. The predicted octanol–water partition coefficient (Wildman–Crippen LogP) is 5.23. The highest BCUT2D eigenvalue weighted by Crippen LogP contribution is 2.33. The van der Waals surface area contributed by atoms with E-state index in [1.54, 1.807) is 39.8 Å². The van der Waals surface area contributed by atoms with Crippen molar-refractivity contribution in [1.29, 1.82) is 5.26 Å². The van der Waals surface area contributed by atoms with Gasteiger partial charge in [0.15, 0.2) is 6.29 Å². The molecule has 2 heterocycles. The maximum Gasteiger partial charge on any atom is 0.414 e. The predicted molar refractivity (Wildman–Crippen MR) is 190 cm³/mol. The normalized spacial score (nSPS) is 20.3. The molecule has 2 saturated heterocycles. The number of carbonyl (C=O) groups excluding carboxylic acids is 2. The summed E-state index contributed by atoms with van der Waals surface area (Å²) < 4.78 is 52.6. The summed E-state index contributed by atoms with van der Waals surface area (Å²) in [6.07, 6.45) is -2.18. The molecule has 0 aromatic heterocycles. The van der Waals surface area contributed by atoms with Gasteiger partial charge in [-0.05, 0) is 76.1 Å². The first-order valence-corrected chi connectivity index (χ1v) is 18.9. The molecular weight excluding hydrogens is 676 g/mol. The number of aliphatic hydroxyl groups is 1. The quantitative estimate of drug-likeness (QED) is 0.248. The van der Waals surface area contributed by atoms with E-state index in [0.29, 0.717) is 25.1 Å². The summed E-state index contributed by atoms with van der Waals surface area (Å²) in [5, 5.41) is 23.9. The number of sulfonamides is 1. The van der Waals surface area contributed by atoms with Crippen molar-refractivity contribution in [1.82, 2.24) is 9.62 Å². The van der Waals surface area contributed by atoms with Crippen LogP contribution in [-0.4, -0.2) is 93.0 Å². The first kappa shape index (κ1) is 40.0. The van der Waals surface area contributed by atoms with Gasteiger partial charge in [0.25, 0.3) is 0 Å². The van der Waals surface area contributed by atoms with Gasteiger partial charge in [0.05, 0.1) is 42.2 Å². The van der Waals surface area contributed by atoms with Crippen molar-refractivity contribution in [3.05, 3.63) is 60.2 Å². The van der Waals surface area contributed by atoms with Crippen molar-refractivity contribution in [2.45, 2.75) is 102 Å². The molecule has 4 rings (SSSR count). The number of nitrogens with zero attached hydrogens (tertiary/aromatic N) is 3. The first-order chi connectivity index (χ1) is 24.0. The van der Waals surface area contributed by atoms with Crippen molar-refractivity contribution in [2.24, 2.45) is 11.3 Å². The number of carbonyl (C=O) groups is 2. The van der Waals surface area contributed by atoms with Crippen molar-refractivity contribution in [3.8, 4) is 6.07 Å². The average molecular weight is 729 g/mol. The molecule has 2 fully saturated rings. The highest BCUT2D eigenvalue weighted by Gasteiger charge is 2.44. The highest BCUT2D eigenvalue weighted by atomic mass is 32.2. The number of anilines is 1. The molecule has 2 aliphatic heterocycles. The van der Waals surface area contributed by atoms with Crippen LogP contribution in [0.25, 0.3) is 0 Å². The fourth-order valence-corrected chi connectivity index (χ4v) is 7.94. The van der Waals surface area contributed by atoms with Crippen molar-refractivity contribution >= 4 is 27.9 Å². The van der Waals surface area contributed by atoms with Gasteiger partial charge in [-0.3, -0.25) is 4.90 Å². The number of alkyl carbamates (subject to hydrolysis) is 1. The van der Waals surface area contributed by atoms with Crippen LogP contribution in [0.1, 0.15) is 66.4 Å². The third-order valence-corrected chi connectivity index (χ3v) is 10.7. The Labute approximate surface area is 301 Å². The minimum absolute atomic E-state index is 0.0349. The Morgan fingerprint density at radius 3 is 2.49 bits per heavy atom. The van der Waals surface area contributed by atoms with Gasteiger partial charge in [0.2, 0.25) is 10.0 Å². The topological polar surface area (TPSA) is 168 Å². The number of amides is 2. The Morgan fingerprint density at radius 1 is 1.10 bits per heavy atom. The number of nitriles is 1. The SMILES string of the molecule is CCN(C(=O)OC(C)(C)C)c1cccc(S(=O)(=O)N(CC(O)[C@H](Cc2ccccc2)NC(=O)OC2COC3OCCC23)CC(C)(C)CCC#N)c1. The lowest BCUT2D eigenvalue weighted by Crippen LogP contribution is -2.52. The summed E-state index contributed by atoms with van der Waals surface area (Å²) in [5.41, 5.74) is -0.274. The van der Waals surface area contributed by atoms with Gasteiger partial charge in [-0.15, -0.1) is 0 Å². The summed E-state index contributed by atoms with van der Waals surface area (Å²) in [5.74, 6) is -0.0840. The van der Waals surface area contributed by atoms with Crippen LogP contribution in [0.3, 0.4) is 0 Å². The second-order valence-corrected chi connectivity index (χ2v) is 16.8. The number of nitrogens with one attached hydrogen (secondary N) is 1. The minimum atomic E-state index is -4.31. The van der Waals surface area contributed by atoms with Crippen LogP contribution >= 0.6 is 0 Å². The van der Waals surface area contributed by atoms with E-state index in [1.807, 2.05) is 44.2 Å². The van der Waals surface area contributed by atoms with Crippen LogP contribution < -0.4 is 10.2 Å². The summed E-state index contributed by atoms with van der Waals surface area (Å²) in [4.78, 5) is 27.5. The van der Waals surface area contributed by atoms with E-state index in [9.17, 15) is 28.4 Å². The molecule has 14 heteroatoms. The molecule has 0 bridgehead atoms. The molecule has 13 nitrogen and oxygen atoms in total. The average Bonchev–Trinajstić information content (AvgIpc) is 3.68. The van der Waals surface area contributed by atoms with Gasteiger partial charge in [-0.1, -0.05) is 50.2 Å².